The number of hydrogen-bond donors (Lipinski definition) is 2. The summed E-state index contributed by atoms with van der Waals surface area (Å²) in [5.41, 5.74) is 1.37. The molecule has 0 aliphatic carbocycles. The number of rotatable bonds is 2. The van der Waals surface area contributed by atoms with Gasteiger partial charge in [-0.2, -0.15) is 0 Å². The number of aromatic nitrogens is 1. The van der Waals surface area contributed by atoms with Crippen molar-refractivity contribution in [3.8, 4) is 0 Å². The predicted octanol–water partition coefficient (Wildman–Crippen LogP) is 1.07. The van der Waals surface area contributed by atoms with Crippen LogP contribution < -0.4 is 0 Å². The molecule has 1 aliphatic heterocycles. The van der Waals surface area contributed by atoms with Gasteiger partial charge in [0.05, 0.1) is 11.5 Å². The fraction of sp³-hybridized carbons (Fsp3) is 0.400. The van der Waals surface area contributed by atoms with Crippen LogP contribution >= 0.6 is 0 Å². The zero-order valence-electron chi connectivity index (χ0n) is 8.23. The number of aliphatic carboxylic acids is 1. The maximum atomic E-state index is 10.9. The zero-order valence-corrected chi connectivity index (χ0v) is 8.23. The maximum absolute atomic E-state index is 10.9. The Morgan fingerprint density at radius 2 is 2.13 bits per heavy atom. The minimum absolute atomic E-state index is 0.123. The topological polar surface area (TPSA) is 79.5 Å². The van der Waals surface area contributed by atoms with Gasteiger partial charge in [-0.15, -0.1) is 0 Å². The molecule has 0 radical (unpaired) electrons. The highest BCUT2D eigenvalue weighted by Crippen LogP contribution is 2.33. The fourth-order valence-corrected chi connectivity index (χ4v) is 2.18. The number of carboxylic acid groups (broad SMARTS) is 2. The smallest absolute Gasteiger partial charge is 0.337 e. The van der Waals surface area contributed by atoms with E-state index in [1.54, 1.807) is 11.5 Å². The number of hydrogen-bond acceptors (Lipinski definition) is 2. The van der Waals surface area contributed by atoms with Crippen LogP contribution in [-0.2, 0) is 11.3 Å². The Balaban J connectivity index is 2.58. The average molecular weight is 209 g/mol. The van der Waals surface area contributed by atoms with Gasteiger partial charge in [0.1, 0.15) is 0 Å². The van der Waals surface area contributed by atoms with E-state index in [9.17, 15) is 9.59 Å². The minimum Gasteiger partial charge on any atom is -0.481 e. The van der Waals surface area contributed by atoms with Crippen LogP contribution in [-0.4, -0.2) is 26.7 Å². The van der Waals surface area contributed by atoms with Gasteiger partial charge in [-0.1, -0.05) is 0 Å². The first-order chi connectivity index (χ1) is 7.02. The number of carboxylic acids is 2. The summed E-state index contributed by atoms with van der Waals surface area (Å²) in [6.45, 7) is 2.38. The monoisotopic (exact) mass is 209 g/mol. The van der Waals surface area contributed by atoms with Crippen molar-refractivity contribution in [3.63, 3.8) is 0 Å². The summed E-state index contributed by atoms with van der Waals surface area (Å²) in [7, 11) is 0. The van der Waals surface area contributed by atoms with E-state index in [0.717, 1.165) is 5.69 Å². The lowest BCUT2D eigenvalue weighted by Crippen LogP contribution is -2.11. The van der Waals surface area contributed by atoms with Crippen molar-refractivity contribution in [1.29, 1.82) is 0 Å². The molecule has 1 unspecified atom stereocenters. The lowest BCUT2D eigenvalue weighted by atomic mass is 10.0. The first-order valence-corrected chi connectivity index (χ1v) is 4.68. The SMILES string of the molecule is Cc1cc(C(=O)O)c2n1CCC2C(=O)O. The Morgan fingerprint density at radius 3 is 2.67 bits per heavy atom. The van der Waals surface area contributed by atoms with Crippen molar-refractivity contribution in [2.75, 3.05) is 0 Å². The lowest BCUT2D eigenvalue weighted by Gasteiger charge is -2.04. The number of fused-ring (bicyclic) bond motifs is 1. The standard InChI is InChI=1S/C10H11NO4/c1-5-4-7(10(14)15)8-6(9(12)13)2-3-11(5)8/h4,6H,2-3H2,1H3,(H,12,13)(H,14,15). The van der Waals surface area contributed by atoms with Gasteiger partial charge in [0.25, 0.3) is 0 Å². The van der Waals surface area contributed by atoms with Crippen molar-refractivity contribution < 1.29 is 19.8 Å². The van der Waals surface area contributed by atoms with E-state index in [0.29, 0.717) is 18.7 Å². The predicted molar refractivity (Wildman–Crippen MR) is 51.1 cm³/mol. The molecular weight excluding hydrogens is 198 g/mol. The molecule has 0 spiro atoms. The van der Waals surface area contributed by atoms with Crippen LogP contribution in [0.15, 0.2) is 6.07 Å². The molecule has 1 aromatic rings. The number of nitrogens with zero attached hydrogens (tertiary/aromatic N) is 1. The number of aryl methyl sites for hydroxylation is 1. The van der Waals surface area contributed by atoms with E-state index in [4.69, 9.17) is 10.2 Å². The molecule has 1 aromatic heterocycles. The van der Waals surface area contributed by atoms with Gasteiger partial charge >= 0.3 is 11.9 Å². The molecule has 15 heavy (non-hydrogen) atoms. The lowest BCUT2D eigenvalue weighted by molar-refractivity contribution is -0.138. The Labute approximate surface area is 85.9 Å². The van der Waals surface area contributed by atoms with Crippen LogP contribution in [0.5, 0.6) is 0 Å². The first kappa shape index (κ1) is 9.76. The highest BCUT2D eigenvalue weighted by molar-refractivity contribution is 5.92. The van der Waals surface area contributed by atoms with Crippen LogP contribution in [0, 0.1) is 6.92 Å². The van der Waals surface area contributed by atoms with E-state index in [2.05, 4.69) is 0 Å². The van der Waals surface area contributed by atoms with Crippen LogP contribution in [0.2, 0.25) is 0 Å². The normalized spacial score (nSPS) is 18.9. The third-order valence-corrected chi connectivity index (χ3v) is 2.85. The summed E-state index contributed by atoms with van der Waals surface area (Å²) in [6.07, 6.45) is 0.479. The third kappa shape index (κ3) is 1.31. The summed E-state index contributed by atoms with van der Waals surface area (Å²) < 4.78 is 1.78. The second-order valence-electron chi connectivity index (χ2n) is 3.72. The van der Waals surface area contributed by atoms with Gasteiger partial charge in [0.2, 0.25) is 0 Å². The second kappa shape index (κ2) is 3.12. The van der Waals surface area contributed by atoms with Gasteiger partial charge < -0.3 is 14.8 Å². The molecule has 1 atom stereocenters. The van der Waals surface area contributed by atoms with Crippen molar-refractivity contribution in [2.24, 2.45) is 0 Å². The average Bonchev–Trinajstić information content (AvgIpc) is 2.66. The molecule has 5 nitrogen and oxygen atoms in total. The fourth-order valence-electron chi connectivity index (χ4n) is 2.18. The van der Waals surface area contributed by atoms with E-state index in [1.807, 2.05) is 0 Å². The molecule has 0 aromatic carbocycles. The highest BCUT2D eigenvalue weighted by Gasteiger charge is 2.34. The third-order valence-electron chi connectivity index (χ3n) is 2.85. The summed E-state index contributed by atoms with van der Waals surface area (Å²) in [5.74, 6) is -2.68. The Morgan fingerprint density at radius 1 is 1.47 bits per heavy atom. The van der Waals surface area contributed by atoms with E-state index < -0.39 is 17.9 Å². The first-order valence-electron chi connectivity index (χ1n) is 4.68. The molecule has 2 N–H and O–H groups in total. The van der Waals surface area contributed by atoms with Crippen molar-refractivity contribution >= 4 is 11.9 Å². The molecule has 0 fully saturated rings. The molecular formula is C10H11NO4. The largest absolute Gasteiger partial charge is 0.481 e. The van der Waals surface area contributed by atoms with Crippen LogP contribution in [0.1, 0.15) is 34.1 Å². The van der Waals surface area contributed by atoms with Gasteiger partial charge in [0, 0.05) is 17.9 Å². The second-order valence-corrected chi connectivity index (χ2v) is 3.72. The molecule has 0 bridgehead atoms. The van der Waals surface area contributed by atoms with E-state index >= 15 is 0 Å². The number of aromatic carboxylic acids is 1. The Hall–Kier alpha value is -1.78. The summed E-state index contributed by atoms with van der Waals surface area (Å²) in [6, 6.07) is 1.53. The van der Waals surface area contributed by atoms with Crippen LogP contribution in [0.4, 0.5) is 0 Å². The van der Waals surface area contributed by atoms with E-state index in [-0.39, 0.29) is 5.56 Å². The molecule has 80 valence electrons. The Bertz CT molecular complexity index is 447. The van der Waals surface area contributed by atoms with Crippen molar-refractivity contribution in [3.05, 3.63) is 23.0 Å². The number of carbonyl (C=O) groups is 2. The highest BCUT2D eigenvalue weighted by atomic mass is 16.4. The van der Waals surface area contributed by atoms with Crippen LogP contribution in [0.3, 0.4) is 0 Å². The molecule has 5 heteroatoms. The van der Waals surface area contributed by atoms with Gasteiger partial charge in [-0.3, -0.25) is 4.79 Å². The summed E-state index contributed by atoms with van der Waals surface area (Å²) in [4.78, 5) is 21.9. The molecule has 2 rings (SSSR count). The van der Waals surface area contributed by atoms with Gasteiger partial charge in [-0.05, 0) is 19.4 Å². The van der Waals surface area contributed by atoms with Crippen LogP contribution in [0.25, 0.3) is 0 Å². The van der Waals surface area contributed by atoms with Gasteiger partial charge in [-0.25, -0.2) is 4.79 Å². The maximum Gasteiger partial charge on any atom is 0.337 e. The summed E-state index contributed by atoms with van der Waals surface area (Å²) >= 11 is 0. The Kier molecular flexibility index (Phi) is 2.03. The van der Waals surface area contributed by atoms with Crippen molar-refractivity contribution in [1.82, 2.24) is 4.57 Å². The van der Waals surface area contributed by atoms with Gasteiger partial charge in [0.15, 0.2) is 0 Å². The van der Waals surface area contributed by atoms with E-state index in [1.165, 1.54) is 6.07 Å². The van der Waals surface area contributed by atoms with Crippen molar-refractivity contribution in [2.45, 2.75) is 25.8 Å². The molecule has 0 saturated heterocycles. The summed E-state index contributed by atoms with van der Waals surface area (Å²) in [5, 5.41) is 17.9. The molecule has 0 amide bonds. The minimum atomic E-state index is -1.06. The quantitative estimate of drug-likeness (QED) is 0.763. The molecule has 2 heterocycles. The zero-order chi connectivity index (χ0) is 11.2. The molecule has 1 aliphatic rings. The molecule has 0 saturated carbocycles.